The normalized spacial score (nSPS) is 10.9. The van der Waals surface area contributed by atoms with Gasteiger partial charge >= 0.3 is 37.2 Å². The van der Waals surface area contributed by atoms with E-state index in [2.05, 4.69) is 0 Å². The Bertz CT molecular complexity index is 207. The molecule has 0 rings (SSSR count). The number of hydrogen-bond donors (Lipinski definition) is 3. The molecular formula is C4H9NNaO5P. The first-order valence-corrected chi connectivity index (χ1v) is 4.27. The molecule has 0 saturated carbocycles. The Hall–Kier alpha value is 0.320. The number of carbonyl (C=O) groups is 1. The van der Waals surface area contributed by atoms with E-state index in [1.165, 1.54) is 0 Å². The van der Waals surface area contributed by atoms with Crippen molar-refractivity contribution in [1.82, 2.24) is 5.06 Å². The average Bonchev–Trinajstić information content (AvgIpc) is 1.85. The van der Waals surface area contributed by atoms with E-state index in [-0.39, 0.29) is 49.0 Å². The van der Waals surface area contributed by atoms with Gasteiger partial charge in [-0.25, -0.2) is 5.06 Å². The van der Waals surface area contributed by atoms with Crippen molar-refractivity contribution >= 4 is 14.0 Å². The summed E-state index contributed by atoms with van der Waals surface area (Å²) in [6.45, 7) is -0.241. The Labute approximate surface area is 92.8 Å². The van der Waals surface area contributed by atoms with Crippen LogP contribution in [0, 0.1) is 0 Å². The summed E-state index contributed by atoms with van der Waals surface area (Å²) >= 11 is 0. The molecule has 0 aliphatic rings. The van der Waals surface area contributed by atoms with Crippen molar-refractivity contribution in [3.05, 3.63) is 11.9 Å². The molecular weight excluding hydrogens is 196 g/mol. The molecule has 1 amide bonds. The van der Waals surface area contributed by atoms with Gasteiger partial charge in [0.05, 0.1) is 6.54 Å². The first-order valence-electron chi connectivity index (χ1n) is 2.59. The molecule has 8 heteroatoms. The van der Waals surface area contributed by atoms with Gasteiger partial charge in [0, 0.05) is 5.82 Å². The summed E-state index contributed by atoms with van der Waals surface area (Å²) in [6, 6.07) is 0. The molecule has 0 aliphatic carbocycles. The molecule has 0 heterocycles. The van der Waals surface area contributed by atoms with E-state index in [9.17, 15) is 9.36 Å². The van der Waals surface area contributed by atoms with Gasteiger partial charge in [-0.3, -0.25) is 14.6 Å². The SMILES string of the molecule is O=CN(O)CC=CP(=O)(O)O.[H-].[Na+]. The molecule has 0 aromatic heterocycles. The zero-order chi connectivity index (χ0) is 8.91. The average molecular weight is 205 g/mol. The minimum atomic E-state index is -4.17. The Balaban J connectivity index is -0.000000500. The summed E-state index contributed by atoms with van der Waals surface area (Å²) in [5.74, 6) is 0.611. The summed E-state index contributed by atoms with van der Waals surface area (Å²) in [7, 11) is -4.17. The topological polar surface area (TPSA) is 98.1 Å². The van der Waals surface area contributed by atoms with Gasteiger partial charge in [0.2, 0.25) is 6.41 Å². The molecule has 0 bridgehead atoms. The number of rotatable bonds is 4. The van der Waals surface area contributed by atoms with Crippen molar-refractivity contribution in [3.8, 4) is 0 Å². The fourth-order valence-corrected chi connectivity index (χ4v) is 0.704. The first-order chi connectivity index (χ1) is 4.95. The number of hydrogen-bond acceptors (Lipinski definition) is 3. The minimum Gasteiger partial charge on any atom is -1.00 e. The molecule has 0 atom stereocenters. The van der Waals surface area contributed by atoms with Gasteiger partial charge in [-0.1, -0.05) is 6.08 Å². The van der Waals surface area contributed by atoms with Crippen LogP contribution in [0.25, 0.3) is 0 Å². The third-order valence-corrected chi connectivity index (χ3v) is 1.31. The molecule has 0 aromatic rings. The Morgan fingerprint density at radius 3 is 2.33 bits per heavy atom. The standard InChI is InChI=1S/C4H8NO5P.Na.H/c6-4-5(7)2-1-3-11(8,9)10;;/h1,3-4,7H,2H2,(H2,8,9,10);;/q;+1;-1. The van der Waals surface area contributed by atoms with E-state index in [0.29, 0.717) is 5.82 Å². The maximum atomic E-state index is 10.1. The first kappa shape index (κ1) is 14.8. The molecule has 0 saturated heterocycles. The molecule has 0 radical (unpaired) electrons. The molecule has 6 nitrogen and oxygen atoms in total. The smallest absolute Gasteiger partial charge is 1.00 e. The maximum absolute atomic E-state index is 10.1. The summed E-state index contributed by atoms with van der Waals surface area (Å²) < 4.78 is 10.1. The van der Waals surface area contributed by atoms with E-state index in [1.54, 1.807) is 0 Å². The third kappa shape index (κ3) is 10.3. The van der Waals surface area contributed by atoms with E-state index >= 15 is 0 Å². The predicted octanol–water partition coefficient (Wildman–Crippen LogP) is -3.36. The third-order valence-electron chi connectivity index (χ3n) is 0.714. The summed E-state index contributed by atoms with van der Waals surface area (Å²) in [4.78, 5) is 26.2. The molecule has 66 valence electrons. The predicted molar refractivity (Wildman–Crippen MR) is 36.9 cm³/mol. The van der Waals surface area contributed by atoms with Crippen LogP contribution in [0.3, 0.4) is 0 Å². The van der Waals surface area contributed by atoms with Crippen molar-refractivity contribution in [2.75, 3.05) is 6.54 Å². The number of hydroxylamine groups is 2. The largest absolute Gasteiger partial charge is 1.00 e. The van der Waals surface area contributed by atoms with Gasteiger partial charge in [0.15, 0.2) is 0 Å². The van der Waals surface area contributed by atoms with Crippen LogP contribution in [0.15, 0.2) is 11.9 Å². The molecule has 3 N–H and O–H groups in total. The van der Waals surface area contributed by atoms with Crippen molar-refractivity contribution in [3.63, 3.8) is 0 Å². The van der Waals surface area contributed by atoms with Crippen molar-refractivity contribution in [1.29, 1.82) is 0 Å². The van der Waals surface area contributed by atoms with Crippen LogP contribution in [0.1, 0.15) is 1.43 Å². The second kappa shape index (κ2) is 6.80. The van der Waals surface area contributed by atoms with E-state index in [4.69, 9.17) is 15.0 Å². The molecule has 0 fully saturated rings. The fourth-order valence-electron chi connectivity index (χ4n) is 0.335. The van der Waals surface area contributed by atoms with Crippen LogP contribution < -0.4 is 29.6 Å². The van der Waals surface area contributed by atoms with E-state index in [1.807, 2.05) is 0 Å². The van der Waals surface area contributed by atoms with Crippen LogP contribution in [0.4, 0.5) is 0 Å². The van der Waals surface area contributed by atoms with E-state index in [0.717, 1.165) is 6.08 Å². The Morgan fingerprint density at radius 2 is 2.00 bits per heavy atom. The zero-order valence-corrected chi connectivity index (χ0v) is 9.39. The van der Waals surface area contributed by atoms with Crippen LogP contribution in [-0.2, 0) is 9.36 Å². The monoisotopic (exact) mass is 205 g/mol. The van der Waals surface area contributed by atoms with Gasteiger partial charge < -0.3 is 11.2 Å². The molecule has 12 heavy (non-hydrogen) atoms. The van der Waals surface area contributed by atoms with Crippen LogP contribution in [0.5, 0.6) is 0 Å². The van der Waals surface area contributed by atoms with Crippen molar-refractivity contribution in [2.24, 2.45) is 0 Å². The quantitative estimate of drug-likeness (QED) is 0.146. The van der Waals surface area contributed by atoms with Crippen LogP contribution in [0.2, 0.25) is 0 Å². The zero-order valence-electron chi connectivity index (χ0n) is 7.49. The van der Waals surface area contributed by atoms with Crippen LogP contribution >= 0.6 is 7.60 Å². The maximum Gasteiger partial charge on any atom is 1.00 e. The molecule has 0 aromatic carbocycles. The number of amides is 1. The van der Waals surface area contributed by atoms with Gasteiger partial charge in [0.1, 0.15) is 0 Å². The van der Waals surface area contributed by atoms with Gasteiger partial charge in [-0.05, 0) is 0 Å². The van der Waals surface area contributed by atoms with Crippen molar-refractivity contribution in [2.45, 2.75) is 0 Å². The number of carbonyl (C=O) groups excluding carboxylic acids is 1. The number of nitrogens with zero attached hydrogens (tertiary/aromatic N) is 1. The Morgan fingerprint density at radius 1 is 1.50 bits per heavy atom. The van der Waals surface area contributed by atoms with Crippen LogP contribution in [-0.4, -0.2) is 33.0 Å². The second-order valence-electron chi connectivity index (χ2n) is 1.70. The Kier molecular flexibility index (Phi) is 8.39. The minimum absolute atomic E-state index is 0. The summed E-state index contributed by atoms with van der Waals surface area (Å²) in [5.41, 5.74) is 0. The van der Waals surface area contributed by atoms with Crippen molar-refractivity contribution < 1.29 is 55.3 Å². The van der Waals surface area contributed by atoms with Gasteiger partial charge in [0.25, 0.3) is 0 Å². The summed E-state index contributed by atoms with van der Waals surface area (Å²) in [5, 5.41) is 8.67. The molecule has 0 aliphatic heterocycles. The van der Waals surface area contributed by atoms with E-state index < -0.39 is 7.60 Å². The second-order valence-corrected chi connectivity index (χ2v) is 3.18. The molecule has 0 spiro atoms. The molecule has 0 unspecified atom stereocenters. The van der Waals surface area contributed by atoms with Gasteiger partial charge in [-0.2, -0.15) is 0 Å². The van der Waals surface area contributed by atoms with Gasteiger partial charge in [-0.15, -0.1) is 0 Å². The summed E-state index contributed by atoms with van der Waals surface area (Å²) in [6.07, 6.45) is 1.12. The fraction of sp³-hybridized carbons (Fsp3) is 0.250.